The number of aliphatic hydroxyl groups is 1. The van der Waals surface area contributed by atoms with Gasteiger partial charge in [0.2, 0.25) is 0 Å². The summed E-state index contributed by atoms with van der Waals surface area (Å²) in [6.45, 7) is 2.83. The minimum atomic E-state index is -0.488. The highest BCUT2D eigenvalue weighted by Gasteiger charge is 2.54. The molecule has 0 saturated heterocycles. The van der Waals surface area contributed by atoms with Gasteiger partial charge in [-0.05, 0) is 37.6 Å². The van der Waals surface area contributed by atoms with Crippen molar-refractivity contribution in [1.29, 1.82) is 5.26 Å². The van der Waals surface area contributed by atoms with Crippen LogP contribution in [0.2, 0.25) is 0 Å². The van der Waals surface area contributed by atoms with Crippen LogP contribution in [0.1, 0.15) is 35.6 Å². The topological polar surface area (TPSA) is 65.7 Å². The second kappa shape index (κ2) is 5.23. The number of hydrogen-bond donors (Lipinski definition) is 1. The molecule has 0 bridgehead atoms. The molecule has 1 aromatic rings. The Morgan fingerprint density at radius 1 is 1.50 bits per heavy atom. The Balaban J connectivity index is 2.05. The van der Waals surface area contributed by atoms with Crippen LogP contribution in [0.4, 0.5) is 0 Å². The molecule has 1 unspecified atom stereocenters. The van der Waals surface area contributed by atoms with Gasteiger partial charge >= 0.3 is 0 Å². The average molecular weight is 326 g/mol. The Kier molecular flexibility index (Phi) is 3.38. The van der Waals surface area contributed by atoms with Crippen LogP contribution in [0, 0.1) is 18.3 Å². The van der Waals surface area contributed by atoms with E-state index in [1.54, 1.807) is 7.11 Å². The van der Waals surface area contributed by atoms with E-state index in [-0.39, 0.29) is 17.6 Å². The van der Waals surface area contributed by atoms with Crippen molar-refractivity contribution in [2.24, 2.45) is 0 Å². The highest BCUT2D eigenvalue weighted by atomic mass is 16.5. The van der Waals surface area contributed by atoms with Crippen LogP contribution in [0.15, 0.2) is 18.2 Å². The Bertz CT molecular complexity index is 767. The summed E-state index contributed by atoms with van der Waals surface area (Å²) in [5.74, 6) is 1.46. The first-order valence-electron chi connectivity index (χ1n) is 8.37. The van der Waals surface area contributed by atoms with Gasteiger partial charge in [0, 0.05) is 18.5 Å². The number of aliphatic hydroxyl groups excluding tert-OH is 1. The second-order valence-corrected chi connectivity index (χ2v) is 7.08. The molecule has 5 nitrogen and oxygen atoms in total. The predicted molar refractivity (Wildman–Crippen MR) is 89.2 cm³/mol. The zero-order valence-electron chi connectivity index (χ0n) is 14.2. The van der Waals surface area contributed by atoms with Crippen LogP contribution in [0.3, 0.4) is 0 Å². The molecule has 3 aliphatic rings. The smallest absolute Gasteiger partial charge is 0.166 e. The summed E-state index contributed by atoms with van der Waals surface area (Å²) in [5.41, 5.74) is 2.89. The van der Waals surface area contributed by atoms with E-state index in [4.69, 9.17) is 9.47 Å². The fraction of sp³-hybridized carbons (Fsp3) is 0.526. The van der Waals surface area contributed by atoms with E-state index in [0.717, 1.165) is 35.4 Å². The third-order valence-corrected chi connectivity index (χ3v) is 5.80. The maximum atomic E-state index is 10.1. The van der Waals surface area contributed by atoms with Gasteiger partial charge in [-0.1, -0.05) is 12.2 Å². The fourth-order valence-electron chi connectivity index (χ4n) is 4.55. The zero-order valence-corrected chi connectivity index (χ0v) is 14.2. The second-order valence-electron chi connectivity index (χ2n) is 7.08. The van der Waals surface area contributed by atoms with E-state index >= 15 is 0 Å². The summed E-state index contributed by atoms with van der Waals surface area (Å²) in [6.07, 6.45) is 4.80. The lowest BCUT2D eigenvalue weighted by atomic mass is 9.68. The van der Waals surface area contributed by atoms with Crippen molar-refractivity contribution < 1.29 is 14.6 Å². The summed E-state index contributed by atoms with van der Waals surface area (Å²) in [7, 11) is 3.64. The normalized spacial score (nSPS) is 33.9. The highest BCUT2D eigenvalue weighted by Crippen LogP contribution is 2.57. The number of methoxy groups -OCH3 is 1. The van der Waals surface area contributed by atoms with Crippen LogP contribution in [0.25, 0.3) is 0 Å². The van der Waals surface area contributed by atoms with Gasteiger partial charge in [-0.15, -0.1) is 0 Å². The van der Waals surface area contributed by atoms with Gasteiger partial charge in [0.1, 0.15) is 12.1 Å². The largest absolute Gasteiger partial charge is 0.493 e. The lowest BCUT2D eigenvalue weighted by Crippen LogP contribution is -2.42. The van der Waals surface area contributed by atoms with Crippen molar-refractivity contribution in [2.45, 2.75) is 43.4 Å². The minimum absolute atomic E-state index is 0.118. The van der Waals surface area contributed by atoms with Gasteiger partial charge in [-0.3, -0.25) is 4.90 Å². The lowest BCUT2D eigenvalue weighted by molar-refractivity contribution is 0.0817. The molecule has 24 heavy (non-hydrogen) atoms. The number of aryl methyl sites for hydroxylation is 1. The van der Waals surface area contributed by atoms with Gasteiger partial charge in [0.15, 0.2) is 11.5 Å². The molecule has 1 aliphatic carbocycles. The third kappa shape index (κ3) is 1.87. The van der Waals surface area contributed by atoms with E-state index in [1.165, 1.54) is 0 Å². The molecule has 5 heteroatoms. The Morgan fingerprint density at radius 2 is 2.29 bits per heavy atom. The standard InChI is InChI=1S/C19H22N2O3/c1-11-8-14(23-3)18-17-16(11)13(10-20)21(2)7-6-19(17)5-4-12(22)9-15(19)24-18/h4-5,8,12-13,15,22H,6-7,9H2,1-3H3/t12-,13?,15-,19-/m0/s1. The van der Waals surface area contributed by atoms with Crippen molar-refractivity contribution in [2.75, 3.05) is 20.7 Å². The minimum Gasteiger partial charge on any atom is -0.493 e. The summed E-state index contributed by atoms with van der Waals surface area (Å²) < 4.78 is 11.9. The molecule has 1 aromatic carbocycles. The molecule has 0 radical (unpaired) electrons. The third-order valence-electron chi connectivity index (χ3n) is 5.80. The summed E-state index contributed by atoms with van der Waals surface area (Å²) in [4.78, 5) is 2.11. The predicted octanol–water partition coefficient (Wildman–Crippen LogP) is 2.22. The molecular weight excluding hydrogens is 304 g/mol. The molecule has 0 amide bonds. The first-order chi connectivity index (χ1) is 11.5. The van der Waals surface area contributed by atoms with Crippen molar-refractivity contribution in [3.05, 3.63) is 34.9 Å². The number of nitrogens with zero attached hydrogens (tertiary/aromatic N) is 2. The van der Waals surface area contributed by atoms with Crippen LogP contribution >= 0.6 is 0 Å². The van der Waals surface area contributed by atoms with Crippen LogP contribution < -0.4 is 9.47 Å². The molecule has 0 saturated carbocycles. The number of hydrogen-bond acceptors (Lipinski definition) is 5. The Morgan fingerprint density at radius 3 is 3.00 bits per heavy atom. The van der Waals surface area contributed by atoms with Gasteiger partial charge in [0.25, 0.3) is 0 Å². The zero-order chi connectivity index (χ0) is 17.1. The van der Waals surface area contributed by atoms with Crippen molar-refractivity contribution >= 4 is 0 Å². The first-order valence-corrected chi connectivity index (χ1v) is 8.37. The van der Waals surface area contributed by atoms with E-state index < -0.39 is 6.10 Å². The van der Waals surface area contributed by atoms with Crippen LogP contribution in [-0.4, -0.2) is 42.9 Å². The molecule has 4 rings (SSSR count). The Hall–Kier alpha value is -2.03. The molecular formula is C19H22N2O3. The molecule has 0 fully saturated rings. The summed E-state index contributed by atoms with van der Waals surface area (Å²) in [6, 6.07) is 4.12. The van der Waals surface area contributed by atoms with Crippen molar-refractivity contribution in [3.63, 3.8) is 0 Å². The van der Waals surface area contributed by atoms with Gasteiger partial charge in [-0.25, -0.2) is 0 Å². The number of rotatable bonds is 1. The first kappa shape index (κ1) is 15.5. The van der Waals surface area contributed by atoms with Gasteiger partial charge in [-0.2, -0.15) is 5.26 Å². The number of nitriles is 1. The average Bonchev–Trinajstić information content (AvgIpc) is 2.82. The van der Waals surface area contributed by atoms with Crippen molar-refractivity contribution in [3.8, 4) is 17.6 Å². The SMILES string of the molecule is COc1cc(C)c2c3c1O[C@H]1C[C@@H](O)C=C[C@@]31CCN(C)C2C#N. The van der Waals surface area contributed by atoms with Crippen LogP contribution in [-0.2, 0) is 5.41 Å². The molecule has 4 atom stereocenters. The molecule has 126 valence electrons. The Labute approximate surface area is 142 Å². The number of benzene rings is 1. The number of ether oxygens (including phenoxy) is 2. The highest BCUT2D eigenvalue weighted by molar-refractivity contribution is 5.64. The molecule has 1 spiro atoms. The molecule has 2 heterocycles. The molecule has 1 N–H and O–H groups in total. The van der Waals surface area contributed by atoms with Gasteiger partial charge in [0.05, 0.1) is 24.7 Å². The summed E-state index contributed by atoms with van der Waals surface area (Å²) in [5, 5.41) is 19.9. The van der Waals surface area contributed by atoms with E-state index in [2.05, 4.69) is 17.0 Å². The fourth-order valence-corrected chi connectivity index (χ4v) is 4.55. The quantitative estimate of drug-likeness (QED) is 0.802. The monoisotopic (exact) mass is 326 g/mol. The lowest BCUT2D eigenvalue weighted by Gasteiger charge is -2.35. The molecule has 2 aliphatic heterocycles. The van der Waals surface area contributed by atoms with E-state index in [0.29, 0.717) is 12.2 Å². The maximum Gasteiger partial charge on any atom is 0.166 e. The summed E-state index contributed by atoms with van der Waals surface area (Å²) >= 11 is 0. The van der Waals surface area contributed by atoms with E-state index in [1.807, 2.05) is 26.1 Å². The maximum absolute atomic E-state index is 10.1. The van der Waals surface area contributed by atoms with Gasteiger partial charge < -0.3 is 14.6 Å². The molecule has 0 aromatic heterocycles. The van der Waals surface area contributed by atoms with E-state index in [9.17, 15) is 10.4 Å². The van der Waals surface area contributed by atoms with Crippen LogP contribution in [0.5, 0.6) is 11.5 Å². The van der Waals surface area contributed by atoms with Crippen molar-refractivity contribution in [1.82, 2.24) is 4.90 Å².